The Morgan fingerprint density at radius 3 is 2.67 bits per heavy atom. The molecule has 1 heterocycles. The molecule has 1 atom stereocenters. The zero-order chi connectivity index (χ0) is 15.1. The van der Waals surface area contributed by atoms with Gasteiger partial charge >= 0.3 is 5.97 Å². The predicted octanol–water partition coefficient (Wildman–Crippen LogP) is 2.71. The van der Waals surface area contributed by atoms with Crippen LogP contribution >= 0.6 is 11.3 Å². The van der Waals surface area contributed by atoms with Crippen LogP contribution in [0, 0.1) is 0 Å². The largest absolute Gasteiger partial charge is 0.455 e. The van der Waals surface area contributed by atoms with E-state index in [0.717, 1.165) is 11.1 Å². The van der Waals surface area contributed by atoms with Gasteiger partial charge in [0, 0.05) is 0 Å². The van der Waals surface area contributed by atoms with Crippen LogP contribution in [-0.2, 0) is 20.7 Å². The molecule has 1 N–H and O–H groups in total. The maximum absolute atomic E-state index is 11.7. The van der Waals surface area contributed by atoms with Crippen molar-refractivity contribution < 1.29 is 14.3 Å². The van der Waals surface area contributed by atoms with Crippen LogP contribution in [0.4, 0.5) is 0 Å². The second kappa shape index (κ2) is 7.59. The Bertz CT molecular complexity index is 581. The molecule has 0 bridgehead atoms. The minimum Gasteiger partial charge on any atom is -0.455 e. The van der Waals surface area contributed by atoms with E-state index < -0.39 is 5.97 Å². The number of nitrogens with one attached hydrogen (secondary N) is 1. The van der Waals surface area contributed by atoms with Crippen LogP contribution < -0.4 is 5.32 Å². The van der Waals surface area contributed by atoms with E-state index in [9.17, 15) is 9.59 Å². The Hall–Kier alpha value is -2.14. The Kier molecular flexibility index (Phi) is 5.51. The zero-order valence-electron chi connectivity index (χ0n) is 11.7. The molecule has 2 rings (SSSR count). The van der Waals surface area contributed by atoms with Gasteiger partial charge in [0.1, 0.15) is 0 Å². The smallest absolute Gasteiger partial charge is 0.310 e. The summed E-state index contributed by atoms with van der Waals surface area (Å²) in [7, 11) is 0. The number of hydrogen-bond donors (Lipinski definition) is 1. The highest BCUT2D eigenvalue weighted by atomic mass is 32.1. The van der Waals surface area contributed by atoms with E-state index >= 15 is 0 Å². The SMILES string of the molecule is C[C@@H](NC(=O)COC(=O)Cc1ccsc1)c1ccccc1. The molecule has 21 heavy (non-hydrogen) atoms. The number of rotatable bonds is 6. The lowest BCUT2D eigenvalue weighted by atomic mass is 10.1. The molecule has 0 aliphatic heterocycles. The molecule has 110 valence electrons. The molecule has 1 aromatic carbocycles. The molecule has 0 fully saturated rings. The van der Waals surface area contributed by atoms with Crippen molar-refractivity contribution in [2.75, 3.05) is 6.61 Å². The molecule has 0 aliphatic carbocycles. The summed E-state index contributed by atoms with van der Waals surface area (Å²) < 4.78 is 4.97. The first-order chi connectivity index (χ1) is 10.1. The summed E-state index contributed by atoms with van der Waals surface area (Å²) >= 11 is 1.52. The predicted molar refractivity (Wildman–Crippen MR) is 82.0 cm³/mol. The normalized spacial score (nSPS) is 11.7. The molecule has 0 saturated heterocycles. The lowest BCUT2D eigenvalue weighted by molar-refractivity contribution is -0.148. The first-order valence-corrected chi connectivity index (χ1v) is 7.60. The number of carbonyl (C=O) groups is 2. The monoisotopic (exact) mass is 303 g/mol. The minimum atomic E-state index is -0.393. The van der Waals surface area contributed by atoms with Crippen LogP contribution in [0.1, 0.15) is 24.1 Å². The molecule has 2 aromatic rings. The summed E-state index contributed by atoms with van der Waals surface area (Å²) in [5.74, 6) is -0.694. The Labute approximate surface area is 127 Å². The molecule has 1 aromatic heterocycles. The van der Waals surface area contributed by atoms with Gasteiger partial charge in [-0.05, 0) is 34.9 Å². The maximum atomic E-state index is 11.7. The van der Waals surface area contributed by atoms with Gasteiger partial charge in [-0.1, -0.05) is 30.3 Å². The average molecular weight is 303 g/mol. The number of benzene rings is 1. The van der Waals surface area contributed by atoms with Crippen molar-refractivity contribution in [3.8, 4) is 0 Å². The van der Waals surface area contributed by atoms with Crippen molar-refractivity contribution >= 4 is 23.2 Å². The highest BCUT2D eigenvalue weighted by Crippen LogP contribution is 2.11. The second-order valence-electron chi connectivity index (χ2n) is 4.67. The third-order valence-corrected chi connectivity index (χ3v) is 3.70. The van der Waals surface area contributed by atoms with Gasteiger partial charge in [-0.25, -0.2) is 0 Å². The van der Waals surface area contributed by atoms with Gasteiger partial charge in [-0.15, -0.1) is 0 Å². The van der Waals surface area contributed by atoms with Gasteiger partial charge in [-0.3, -0.25) is 9.59 Å². The summed E-state index contributed by atoms with van der Waals surface area (Å²) in [6.45, 7) is 1.64. The number of esters is 1. The van der Waals surface area contributed by atoms with E-state index in [1.807, 2.05) is 54.1 Å². The van der Waals surface area contributed by atoms with Crippen LogP contribution in [0.15, 0.2) is 47.2 Å². The number of ether oxygens (including phenoxy) is 1. The van der Waals surface area contributed by atoms with Gasteiger partial charge in [0.15, 0.2) is 6.61 Å². The second-order valence-corrected chi connectivity index (χ2v) is 5.45. The lowest BCUT2D eigenvalue weighted by Crippen LogP contribution is -2.31. The quantitative estimate of drug-likeness (QED) is 0.835. The van der Waals surface area contributed by atoms with Gasteiger partial charge in [0.2, 0.25) is 0 Å². The van der Waals surface area contributed by atoms with Gasteiger partial charge in [0.05, 0.1) is 12.5 Å². The summed E-state index contributed by atoms with van der Waals surface area (Å²) in [4.78, 5) is 23.3. The van der Waals surface area contributed by atoms with Gasteiger partial charge in [0.25, 0.3) is 5.91 Å². The topological polar surface area (TPSA) is 55.4 Å². The number of hydrogen-bond acceptors (Lipinski definition) is 4. The molecule has 0 spiro atoms. The summed E-state index contributed by atoms with van der Waals surface area (Å²) in [5, 5.41) is 6.58. The van der Waals surface area contributed by atoms with Crippen LogP contribution in [0.2, 0.25) is 0 Å². The first-order valence-electron chi connectivity index (χ1n) is 6.66. The number of thiophene rings is 1. The lowest BCUT2D eigenvalue weighted by Gasteiger charge is -2.14. The Morgan fingerprint density at radius 1 is 1.24 bits per heavy atom. The van der Waals surface area contributed by atoms with Crippen LogP contribution in [0.25, 0.3) is 0 Å². The summed E-state index contributed by atoms with van der Waals surface area (Å²) in [6.07, 6.45) is 0.199. The first kappa shape index (κ1) is 15.3. The molecule has 5 heteroatoms. The molecule has 0 radical (unpaired) electrons. The summed E-state index contributed by atoms with van der Waals surface area (Å²) in [6, 6.07) is 11.4. The Morgan fingerprint density at radius 2 is 2.00 bits per heavy atom. The molecule has 4 nitrogen and oxygen atoms in total. The molecule has 0 saturated carbocycles. The molecule has 0 unspecified atom stereocenters. The van der Waals surface area contributed by atoms with Crippen molar-refractivity contribution in [3.63, 3.8) is 0 Å². The fraction of sp³-hybridized carbons (Fsp3) is 0.250. The number of amides is 1. The molecular weight excluding hydrogens is 286 g/mol. The van der Waals surface area contributed by atoms with Crippen LogP contribution in [0.3, 0.4) is 0 Å². The van der Waals surface area contributed by atoms with E-state index in [-0.39, 0.29) is 25.0 Å². The van der Waals surface area contributed by atoms with Gasteiger partial charge < -0.3 is 10.1 Å². The van der Waals surface area contributed by atoms with Crippen molar-refractivity contribution in [2.24, 2.45) is 0 Å². The fourth-order valence-corrected chi connectivity index (χ4v) is 2.53. The third kappa shape index (κ3) is 5.04. The van der Waals surface area contributed by atoms with Crippen molar-refractivity contribution in [3.05, 3.63) is 58.3 Å². The van der Waals surface area contributed by atoms with E-state index in [2.05, 4.69) is 5.32 Å². The number of carbonyl (C=O) groups excluding carboxylic acids is 2. The van der Waals surface area contributed by atoms with E-state index in [4.69, 9.17) is 4.74 Å². The van der Waals surface area contributed by atoms with E-state index in [0.29, 0.717) is 0 Å². The van der Waals surface area contributed by atoms with Crippen molar-refractivity contribution in [2.45, 2.75) is 19.4 Å². The zero-order valence-corrected chi connectivity index (χ0v) is 12.6. The summed E-state index contributed by atoms with van der Waals surface area (Å²) in [5.41, 5.74) is 1.92. The minimum absolute atomic E-state index is 0.116. The van der Waals surface area contributed by atoms with E-state index in [1.165, 1.54) is 11.3 Å². The highest BCUT2D eigenvalue weighted by Gasteiger charge is 2.12. The van der Waals surface area contributed by atoms with E-state index in [1.54, 1.807) is 0 Å². The molecular formula is C16H17NO3S. The van der Waals surface area contributed by atoms with Crippen molar-refractivity contribution in [1.82, 2.24) is 5.32 Å². The fourth-order valence-electron chi connectivity index (χ4n) is 1.87. The standard InChI is InChI=1S/C16H17NO3S/c1-12(14-5-3-2-4-6-14)17-15(18)10-20-16(19)9-13-7-8-21-11-13/h2-8,11-12H,9-10H2,1H3,(H,17,18)/t12-/m1/s1. The average Bonchev–Trinajstić information content (AvgIpc) is 2.99. The van der Waals surface area contributed by atoms with Crippen molar-refractivity contribution in [1.29, 1.82) is 0 Å². The maximum Gasteiger partial charge on any atom is 0.310 e. The highest BCUT2D eigenvalue weighted by molar-refractivity contribution is 7.07. The molecule has 1 amide bonds. The van der Waals surface area contributed by atoms with Crippen LogP contribution in [-0.4, -0.2) is 18.5 Å². The van der Waals surface area contributed by atoms with Gasteiger partial charge in [-0.2, -0.15) is 11.3 Å². The Balaban J connectivity index is 1.73. The third-order valence-electron chi connectivity index (χ3n) is 2.97. The van der Waals surface area contributed by atoms with Crippen LogP contribution in [0.5, 0.6) is 0 Å². The molecule has 0 aliphatic rings.